The monoisotopic (exact) mass is 301 g/mol. The molecule has 0 fully saturated rings. The summed E-state index contributed by atoms with van der Waals surface area (Å²) in [6.07, 6.45) is 1.83. The van der Waals surface area contributed by atoms with Gasteiger partial charge in [-0.05, 0) is 37.3 Å². The van der Waals surface area contributed by atoms with Crippen LogP contribution in [0.5, 0.6) is 11.5 Å². The first kappa shape index (κ1) is 14.3. The van der Waals surface area contributed by atoms with E-state index in [2.05, 4.69) is 25.8 Å². The quantitative estimate of drug-likeness (QED) is 0.783. The van der Waals surface area contributed by atoms with E-state index < -0.39 is 7.92 Å². The molecule has 0 saturated heterocycles. The molecule has 1 aliphatic heterocycles. The van der Waals surface area contributed by atoms with Crippen LogP contribution in [-0.2, 0) is 0 Å². The summed E-state index contributed by atoms with van der Waals surface area (Å²) in [6, 6.07) is 12.0. The summed E-state index contributed by atoms with van der Waals surface area (Å²) < 4.78 is 11.8. The summed E-state index contributed by atoms with van der Waals surface area (Å²) in [5.74, 6) is 1.85. The Morgan fingerprint density at radius 3 is 2.57 bits per heavy atom. The van der Waals surface area contributed by atoms with Gasteiger partial charge in [0.1, 0.15) is 11.5 Å². The number of hydrogen-bond donors (Lipinski definition) is 0. The maximum absolute atomic E-state index is 6.26. The molecule has 0 radical (unpaired) electrons. The smallest absolute Gasteiger partial charge is 0.163 e. The van der Waals surface area contributed by atoms with Crippen molar-refractivity contribution in [3.63, 3.8) is 0 Å². The summed E-state index contributed by atoms with van der Waals surface area (Å²) in [5, 5.41) is 1.33. The highest BCUT2D eigenvalue weighted by molar-refractivity contribution is 7.68. The molecule has 2 atom stereocenters. The van der Waals surface area contributed by atoms with Crippen LogP contribution in [0, 0.1) is 0 Å². The van der Waals surface area contributed by atoms with Crippen molar-refractivity contribution in [3.8, 4) is 11.5 Å². The van der Waals surface area contributed by atoms with Crippen LogP contribution >= 0.6 is 7.92 Å². The summed E-state index contributed by atoms with van der Waals surface area (Å²) in [6.45, 7) is 6.79. The maximum Gasteiger partial charge on any atom is 0.163 e. The fourth-order valence-electron chi connectivity index (χ4n) is 2.69. The molecule has 21 heavy (non-hydrogen) atoms. The standard InChI is InChI=1S/C17H20NO2P/c1-17(2,3)21-15-13(19-4)9-7-10-14(15)20-16(21)12-8-5-6-11-18-12/h5-11,16H,1-4H3. The SMILES string of the molecule is COc1cccc2c1P(C(C)(C)C)C(c1ccccn1)O2. The van der Waals surface area contributed by atoms with Crippen molar-refractivity contribution < 1.29 is 9.47 Å². The van der Waals surface area contributed by atoms with Crippen molar-refractivity contribution in [2.45, 2.75) is 31.8 Å². The van der Waals surface area contributed by atoms with E-state index in [4.69, 9.17) is 9.47 Å². The Kier molecular flexibility index (Phi) is 3.62. The van der Waals surface area contributed by atoms with Crippen LogP contribution in [-0.4, -0.2) is 17.2 Å². The van der Waals surface area contributed by atoms with E-state index in [1.165, 1.54) is 5.30 Å². The first-order valence-electron chi connectivity index (χ1n) is 7.06. The molecule has 3 nitrogen and oxygen atoms in total. The second-order valence-electron chi connectivity index (χ2n) is 6.07. The maximum atomic E-state index is 6.26. The van der Waals surface area contributed by atoms with Crippen LogP contribution in [0.25, 0.3) is 0 Å². The van der Waals surface area contributed by atoms with Gasteiger partial charge in [0.05, 0.1) is 18.1 Å². The third-order valence-corrected chi connectivity index (χ3v) is 6.77. The van der Waals surface area contributed by atoms with Crippen molar-refractivity contribution in [3.05, 3.63) is 48.3 Å². The number of pyridine rings is 1. The number of fused-ring (bicyclic) bond motifs is 1. The molecule has 2 aromatic rings. The molecule has 0 amide bonds. The van der Waals surface area contributed by atoms with E-state index in [0.717, 1.165) is 17.2 Å². The van der Waals surface area contributed by atoms with E-state index in [-0.39, 0.29) is 11.0 Å². The molecule has 0 aliphatic carbocycles. The van der Waals surface area contributed by atoms with Crippen LogP contribution in [0.1, 0.15) is 32.3 Å². The number of methoxy groups -OCH3 is 1. The van der Waals surface area contributed by atoms with Crippen molar-refractivity contribution in [1.82, 2.24) is 4.98 Å². The van der Waals surface area contributed by atoms with Gasteiger partial charge in [-0.1, -0.05) is 32.9 Å². The number of ether oxygens (including phenoxy) is 2. The highest BCUT2D eigenvalue weighted by Crippen LogP contribution is 2.65. The van der Waals surface area contributed by atoms with Gasteiger partial charge < -0.3 is 9.47 Å². The van der Waals surface area contributed by atoms with Crippen LogP contribution in [0.4, 0.5) is 0 Å². The summed E-state index contributed by atoms with van der Waals surface area (Å²) >= 11 is 0. The van der Waals surface area contributed by atoms with Crippen LogP contribution in [0.15, 0.2) is 42.6 Å². The van der Waals surface area contributed by atoms with Gasteiger partial charge in [-0.2, -0.15) is 0 Å². The zero-order valence-electron chi connectivity index (χ0n) is 12.8. The molecule has 0 saturated carbocycles. The Balaban J connectivity index is 2.14. The van der Waals surface area contributed by atoms with Crippen LogP contribution in [0.3, 0.4) is 0 Å². The Morgan fingerprint density at radius 2 is 1.95 bits per heavy atom. The lowest BCUT2D eigenvalue weighted by atomic mass is 10.3. The third-order valence-electron chi connectivity index (χ3n) is 3.56. The molecule has 2 unspecified atom stereocenters. The predicted octanol–water partition coefficient (Wildman–Crippen LogP) is 4.09. The van der Waals surface area contributed by atoms with E-state index in [1.54, 1.807) is 7.11 Å². The molecule has 0 bridgehead atoms. The average Bonchev–Trinajstić information content (AvgIpc) is 2.87. The van der Waals surface area contributed by atoms with Crippen LogP contribution in [0.2, 0.25) is 0 Å². The molecule has 4 heteroatoms. The van der Waals surface area contributed by atoms with Gasteiger partial charge in [0, 0.05) is 6.20 Å². The van der Waals surface area contributed by atoms with Crippen molar-refractivity contribution >= 4 is 13.2 Å². The van der Waals surface area contributed by atoms with Crippen molar-refractivity contribution in [2.24, 2.45) is 0 Å². The Morgan fingerprint density at radius 1 is 1.14 bits per heavy atom. The molecule has 2 heterocycles. The fraction of sp³-hybridized carbons (Fsp3) is 0.353. The highest BCUT2D eigenvalue weighted by atomic mass is 31.1. The fourth-order valence-corrected chi connectivity index (χ4v) is 5.70. The second-order valence-corrected chi connectivity index (χ2v) is 9.07. The topological polar surface area (TPSA) is 31.4 Å². The third kappa shape index (κ3) is 2.51. The van der Waals surface area contributed by atoms with E-state index in [9.17, 15) is 0 Å². The second kappa shape index (κ2) is 5.31. The molecule has 110 valence electrons. The summed E-state index contributed by atoms with van der Waals surface area (Å²) in [5.41, 5.74) is 0.997. The molecule has 0 N–H and O–H groups in total. The lowest BCUT2D eigenvalue weighted by molar-refractivity contribution is 0.294. The molecule has 0 spiro atoms. The van der Waals surface area contributed by atoms with E-state index >= 15 is 0 Å². The minimum Gasteiger partial charge on any atom is -0.496 e. The van der Waals surface area contributed by atoms with Gasteiger partial charge >= 0.3 is 0 Å². The van der Waals surface area contributed by atoms with E-state index in [1.807, 2.05) is 42.6 Å². The number of nitrogens with zero attached hydrogens (tertiary/aromatic N) is 1. The number of benzene rings is 1. The Bertz CT molecular complexity index is 637. The number of hydrogen-bond acceptors (Lipinski definition) is 3. The number of aromatic nitrogens is 1. The van der Waals surface area contributed by atoms with Crippen LogP contribution < -0.4 is 14.8 Å². The Hall–Kier alpha value is -1.60. The molecule has 1 aromatic heterocycles. The van der Waals surface area contributed by atoms with Gasteiger partial charge in [0.2, 0.25) is 0 Å². The summed E-state index contributed by atoms with van der Waals surface area (Å²) in [7, 11) is 1.14. The highest BCUT2D eigenvalue weighted by Gasteiger charge is 2.44. The van der Waals surface area contributed by atoms with Gasteiger partial charge in [-0.25, -0.2) is 0 Å². The largest absolute Gasteiger partial charge is 0.496 e. The molecular formula is C17H20NO2P. The minimum atomic E-state index is -0.578. The Labute approximate surface area is 127 Å². The van der Waals surface area contributed by atoms with Crippen molar-refractivity contribution in [2.75, 3.05) is 7.11 Å². The lowest BCUT2D eigenvalue weighted by Gasteiger charge is -2.31. The summed E-state index contributed by atoms with van der Waals surface area (Å²) in [4.78, 5) is 4.51. The van der Waals surface area contributed by atoms with E-state index in [0.29, 0.717) is 0 Å². The average molecular weight is 301 g/mol. The van der Waals surface area contributed by atoms with Gasteiger partial charge in [-0.3, -0.25) is 4.98 Å². The van der Waals surface area contributed by atoms with Gasteiger partial charge in [0.15, 0.2) is 5.85 Å². The molecule has 3 rings (SSSR count). The molecule has 1 aliphatic rings. The zero-order chi connectivity index (χ0) is 15.0. The first-order chi connectivity index (χ1) is 10.0. The predicted molar refractivity (Wildman–Crippen MR) is 86.9 cm³/mol. The first-order valence-corrected chi connectivity index (χ1v) is 8.47. The minimum absolute atomic E-state index is 0.00694. The normalized spacial score (nSPS) is 20.8. The number of rotatable bonds is 2. The molecular weight excluding hydrogens is 281 g/mol. The van der Waals surface area contributed by atoms with Gasteiger partial charge in [-0.15, -0.1) is 0 Å². The lowest BCUT2D eigenvalue weighted by Crippen LogP contribution is -2.21. The van der Waals surface area contributed by atoms with Gasteiger partial charge in [0.25, 0.3) is 0 Å². The van der Waals surface area contributed by atoms with Crippen molar-refractivity contribution in [1.29, 1.82) is 0 Å². The zero-order valence-corrected chi connectivity index (χ0v) is 13.7. The molecule has 1 aromatic carbocycles.